The van der Waals surface area contributed by atoms with Crippen LogP contribution in [0.5, 0.6) is 0 Å². The van der Waals surface area contributed by atoms with Crippen molar-refractivity contribution in [3.05, 3.63) is 29.3 Å². The molecule has 98 valence electrons. The van der Waals surface area contributed by atoms with Crippen molar-refractivity contribution in [2.45, 2.75) is 31.6 Å². The second kappa shape index (κ2) is 7.21. The van der Waals surface area contributed by atoms with Gasteiger partial charge in [0.2, 0.25) is 0 Å². The fraction of sp³-hybridized carbons (Fsp3) is 0.429. The molecule has 4 heteroatoms. The SMILES string of the molecule is CCSc1ccc(C)cc1C(=O)CCC(=O)OC. The molecule has 0 aliphatic rings. The minimum Gasteiger partial charge on any atom is -0.469 e. The highest BCUT2D eigenvalue weighted by molar-refractivity contribution is 7.99. The number of ketones is 1. The summed E-state index contributed by atoms with van der Waals surface area (Å²) >= 11 is 1.64. The molecule has 0 amide bonds. The molecule has 0 atom stereocenters. The van der Waals surface area contributed by atoms with Crippen LogP contribution in [0.1, 0.15) is 35.7 Å². The molecular weight excluding hydrogens is 248 g/mol. The van der Waals surface area contributed by atoms with Crippen LogP contribution in [0.15, 0.2) is 23.1 Å². The van der Waals surface area contributed by atoms with Gasteiger partial charge in [-0.25, -0.2) is 0 Å². The number of carbonyl (C=O) groups is 2. The summed E-state index contributed by atoms with van der Waals surface area (Å²) in [4.78, 5) is 24.1. The van der Waals surface area contributed by atoms with Crippen LogP contribution in [0, 0.1) is 6.92 Å². The molecule has 1 aromatic rings. The van der Waals surface area contributed by atoms with Crippen molar-refractivity contribution in [2.24, 2.45) is 0 Å². The quantitative estimate of drug-likeness (QED) is 0.450. The summed E-state index contributed by atoms with van der Waals surface area (Å²) in [6.07, 6.45) is 0.340. The first-order valence-corrected chi connectivity index (χ1v) is 6.90. The number of benzene rings is 1. The van der Waals surface area contributed by atoms with E-state index in [1.807, 2.05) is 32.0 Å². The molecule has 1 aromatic carbocycles. The van der Waals surface area contributed by atoms with Gasteiger partial charge in [-0.2, -0.15) is 0 Å². The second-order valence-electron chi connectivity index (χ2n) is 3.93. The smallest absolute Gasteiger partial charge is 0.305 e. The molecule has 0 aliphatic carbocycles. The van der Waals surface area contributed by atoms with Gasteiger partial charge in [0, 0.05) is 16.9 Å². The van der Waals surface area contributed by atoms with Gasteiger partial charge in [-0.15, -0.1) is 11.8 Å². The summed E-state index contributed by atoms with van der Waals surface area (Å²) in [6, 6.07) is 5.85. The van der Waals surface area contributed by atoms with Crippen LogP contribution >= 0.6 is 11.8 Å². The molecule has 0 aromatic heterocycles. The summed E-state index contributed by atoms with van der Waals surface area (Å²) in [5, 5.41) is 0. The normalized spacial score (nSPS) is 10.2. The lowest BCUT2D eigenvalue weighted by Gasteiger charge is -2.08. The molecule has 0 spiro atoms. The first-order chi connectivity index (χ1) is 8.58. The minimum atomic E-state index is -0.347. The zero-order valence-electron chi connectivity index (χ0n) is 11.0. The number of Topliss-reactive ketones (excluding diaryl/α,β-unsaturated/α-hetero) is 1. The maximum atomic E-state index is 12.1. The molecule has 3 nitrogen and oxygen atoms in total. The zero-order chi connectivity index (χ0) is 13.5. The van der Waals surface area contributed by atoms with Gasteiger partial charge in [-0.1, -0.05) is 18.6 Å². The van der Waals surface area contributed by atoms with Gasteiger partial charge in [0.15, 0.2) is 5.78 Å². The Morgan fingerprint density at radius 2 is 2.00 bits per heavy atom. The van der Waals surface area contributed by atoms with E-state index in [4.69, 9.17) is 0 Å². The minimum absolute atomic E-state index is 0.0000463. The monoisotopic (exact) mass is 266 g/mol. The molecule has 0 bridgehead atoms. The Morgan fingerprint density at radius 3 is 2.61 bits per heavy atom. The van der Waals surface area contributed by atoms with E-state index in [9.17, 15) is 9.59 Å². The standard InChI is InChI=1S/C14H18O3S/c1-4-18-13-7-5-10(2)9-11(13)12(15)6-8-14(16)17-3/h5,7,9H,4,6,8H2,1-3H3. The van der Waals surface area contributed by atoms with Gasteiger partial charge in [0.1, 0.15) is 0 Å². The molecule has 0 fully saturated rings. The van der Waals surface area contributed by atoms with E-state index in [-0.39, 0.29) is 24.6 Å². The average Bonchev–Trinajstić information content (AvgIpc) is 2.37. The highest BCUT2D eigenvalue weighted by atomic mass is 32.2. The number of esters is 1. The van der Waals surface area contributed by atoms with Gasteiger partial charge in [-0.3, -0.25) is 9.59 Å². The fourth-order valence-corrected chi connectivity index (χ4v) is 2.40. The summed E-state index contributed by atoms with van der Waals surface area (Å²) in [6.45, 7) is 4.00. The van der Waals surface area contributed by atoms with Crippen molar-refractivity contribution in [2.75, 3.05) is 12.9 Å². The lowest BCUT2D eigenvalue weighted by molar-refractivity contribution is -0.140. The van der Waals surface area contributed by atoms with Crippen LogP contribution in [0.2, 0.25) is 0 Å². The predicted octanol–water partition coefficient (Wildman–Crippen LogP) is 3.24. The molecule has 18 heavy (non-hydrogen) atoms. The molecule has 0 N–H and O–H groups in total. The molecule has 0 heterocycles. The average molecular weight is 266 g/mol. The Bertz CT molecular complexity index is 441. The number of thioether (sulfide) groups is 1. The largest absolute Gasteiger partial charge is 0.469 e. The highest BCUT2D eigenvalue weighted by Gasteiger charge is 2.13. The third-order valence-electron chi connectivity index (χ3n) is 2.52. The summed E-state index contributed by atoms with van der Waals surface area (Å²) < 4.78 is 4.54. The maximum Gasteiger partial charge on any atom is 0.305 e. The number of methoxy groups -OCH3 is 1. The number of hydrogen-bond donors (Lipinski definition) is 0. The van der Waals surface area contributed by atoms with Gasteiger partial charge < -0.3 is 4.74 Å². The number of ether oxygens (including phenoxy) is 1. The van der Waals surface area contributed by atoms with E-state index in [0.717, 1.165) is 16.2 Å². The Hall–Kier alpha value is -1.29. The third-order valence-corrected chi connectivity index (χ3v) is 3.47. The van der Waals surface area contributed by atoms with Crippen molar-refractivity contribution in [1.29, 1.82) is 0 Å². The van der Waals surface area contributed by atoms with E-state index in [1.165, 1.54) is 7.11 Å². The van der Waals surface area contributed by atoms with Crippen LogP contribution in [0.25, 0.3) is 0 Å². The molecule has 1 rings (SSSR count). The first-order valence-electron chi connectivity index (χ1n) is 5.92. The van der Waals surface area contributed by atoms with Crippen molar-refractivity contribution in [1.82, 2.24) is 0 Å². The van der Waals surface area contributed by atoms with E-state index in [2.05, 4.69) is 4.74 Å². The zero-order valence-corrected chi connectivity index (χ0v) is 11.8. The summed E-state index contributed by atoms with van der Waals surface area (Å²) in [7, 11) is 1.33. The Kier molecular flexibility index (Phi) is 5.92. The third kappa shape index (κ3) is 4.18. The number of hydrogen-bond acceptors (Lipinski definition) is 4. The fourth-order valence-electron chi connectivity index (χ4n) is 1.60. The number of aryl methyl sites for hydroxylation is 1. The lowest BCUT2D eigenvalue weighted by Crippen LogP contribution is -2.07. The molecule has 0 unspecified atom stereocenters. The number of carbonyl (C=O) groups excluding carboxylic acids is 2. The van der Waals surface area contributed by atoms with Crippen molar-refractivity contribution in [3.63, 3.8) is 0 Å². The van der Waals surface area contributed by atoms with Crippen LogP contribution in [0.3, 0.4) is 0 Å². The van der Waals surface area contributed by atoms with E-state index in [1.54, 1.807) is 11.8 Å². The topological polar surface area (TPSA) is 43.4 Å². The van der Waals surface area contributed by atoms with Crippen molar-refractivity contribution in [3.8, 4) is 0 Å². The number of rotatable bonds is 6. The predicted molar refractivity (Wildman–Crippen MR) is 73.2 cm³/mol. The van der Waals surface area contributed by atoms with Gasteiger partial charge in [0.05, 0.1) is 13.5 Å². The maximum absolute atomic E-state index is 12.1. The van der Waals surface area contributed by atoms with E-state index >= 15 is 0 Å². The van der Waals surface area contributed by atoms with Crippen LogP contribution in [-0.4, -0.2) is 24.6 Å². The lowest BCUT2D eigenvalue weighted by atomic mass is 10.0. The molecule has 0 saturated heterocycles. The van der Waals surface area contributed by atoms with Gasteiger partial charge in [-0.05, 0) is 24.8 Å². The van der Waals surface area contributed by atoms with Crippen LogP contribution in [-0.2, 0) is 9.53 Å². The highest BCUT2D eigenvalue weighted by Crippen LogP contribution is 2.25. The Morgan fingerprint density at radius 1 is 1.28 bits per heavy atom. The van der Waals surface area contributed by atoms with Crippen LogP contribution in [0.4, 0.5) is 0 Å². The van der Waals surface area contributed by atoms with Gasteiger partial charge in [0.25, 0.3) is 0 Å². The Balaban J connectivity index is 2.82. The van der Waals surface area contributed by atoms with Crippen LogP contribution < -0.4 is 0 Å². The molecule has 0 radical (unpaired) electrons. The Labute approximate surface area is 112 Å². The van der Waals surface area contributed by atoms with Gasteiger partial charge >= 0.3 is 5.97 Å². The summed E-state index contributed by atoms with van der Waals surface area (Å²) in [5.41, 5.74) is 1.77. The van der Waals surface area contributed by atoms with E-state index < -0.39 is 0 Å². The van der Waals surface area contributed by atoms with Crippen molar-refractivity contribution < 1.29 is 14.3 Å². The van der Waals surface area contributed by atoms with Crippen molar-refractivity contribution >= 4 is 23.5 Å². The first kappa shape index (κ1) is 14.8. The molecule has 0 aliphatic heterocycles. The molecular formula is C14H18O3S. The van der Waals surface area contributed by atoms with E-state index in [0.29, 0.717) is 5.56 Å². The summed E-state index contributed by atoms with van der Waals surface area (Å²) in [5.74, 6) is 0.570. The molecule has 0 saturated carbocycles. The second-order valence-corrected chi connectivity index (χ2v) is 5.24.